The highest BCUT2D eigenvalue weighted by molar-refractivity contribution is 5.67. The second-order valence-corrected chi connectivity index (χ2v) is 4.76. The van der Waals surface area contributed by atoms with E-state index in [1.165, 1.54) is 0 Å². The molecule has 1 saturated heterocycles. The number of hydrogen-bond donors (Lipinski definition) is 1. The molecular formula is C10H20N2O3. The molecule has 5 nitrogen and oxygen atoms in total. The van der Waals surface area contributed by atoms with Crippen LogP contribution in [0.4, 0.5) is 4.79 Å². The molecule has 1 atom stereocenters. The normalized spacial score (nSPS) is 22.3. The van der Waals surface area contributed by atoms with Crippen molar-refractivity contribution in [1.82, 2.24) is 5.01 Å². The molecule has 5 heteroatoms. The average molecular weight is 216 g/mol. The van der Waals surface area contributed by atoms with E-state index < -0.39 is 11.7 Å². The summed E-state index contributed by atoms with van der Waals surface area (Å²) in [5.74, 6) is 5.68. The summed E-state index contributed by atoms with van der Waals surface area (Å²) in [6.45, 7) is 6.69. The minimum Gasteiger partial charge on any atom is -0.443 e. The Morgan fingerprint density at radius 2 is 2.20 bits per heavy atom. The molecule has 2 N–H and O–H groups in total. The Balaban J connectivity index is 2.44. The second-order valence-electron chi connectivity index (χ2n) is 4.76. The van der Waals surface area contributed by atoms with Crippen LogP contribution >= 0.6 is 0 Å². The molecule has 1 amide bonds. The number of ether oxygens (including phenoxy) is 2. The van der Waals surface area contributed by atoms with E-state index in [9.17, 15) is 4.79 Å². The molecular weight excluding hydrogens is 196 g/mol. The summed E-state index contributed by atoms with van der Waals surface area (Å²) in [4.78, 5) is 11.6. The molecule has 0 aliphatic carbocycles. The van der Waals surface area contributed by atoms with Gasteiger partial charge in [0.2, 0.25) is 0 Å². The molecule has 0 radical (unpaired) electrons. The van der Waals surface area contributed by atoms with Crippen LogP contribution in [-0.2, 0) is 9.47 Å². The van der Waals surface area contributed by atoms with E-state index >= 15 is 0 Å². The molecule has 0 aromatic carbocycles. The van der Waals surface area contributed by atoms with Crippen LogP contribution in [0.2, 0.25) is 0 Å². The first kappa shape index (κ1) is 12.3. The Morgan fingerprint density at radius 1 is 1.53 bits per heavy atom. The van der Waals surface area contributed by atoms with Crippen molar-refractivity contribution in [1.29, 1.82) is 0 Å². The van der Waals surface area contributed by atoms with Gasteiger partial charge in [0.1, 0.15) is 5.60 Å². The van der Waals surface area contributed by atoms with Gasteiger partial charge in [-0.3, -0.25) is 0 Å². The Labute approximate surface area is 90.5 Å². The minimum absolute atomic E-state index is 0.0615. The highest BCUT2D eigenvalue weighted by Gasteiger charge is 2.27. The maximum Gasteiger partial charge on any atom is 0.424 e. The Hall–Kier alpha value is -0.810. The molecule has 1 fully saturated rings. The number of rotatable bonds is 1. The fourth-order valence-electron chi connectivity index (χ4n) is 1.41. The first-order valence-electron chi connectivity index (χ1n) is 5.25. The zero-order valence-corrected chi connectivity index (χ0v) is 9.66. The number of nitrogens with zero attached hydrogens (tertiary/aromatic N) is 1. The highest BCUT2D eigenvalue weighted by atomic mass is 16.6. The van der Waals surface area contributed by atoms with Gasteiger partial charge in [0.05, 0.1) is 12.6 Å². The van der Waals surface area contributed by atoms with Crippen LogP contribution < -0.4 is 5.84 Å². The Kier molecular flexibility index (Phi) is 3.93. The first-order valence-corrected chi connectivity index (χ1v) is 5.25. The Morgan fingerprint density at radius 3 is 2.67 bits per heavy atom. The average Bonchev–Trinajstić information content (AvgIpc) is 2.15. The molecule has 1 aliphatic rings. The van der Waals surface area contributed by atoms with Crippen molar-refractivity contribution >= 4 is 6.09 Å². The van der Waals surface area contributed by atoms with Gasteiger partial charge in [-0.2, -0.15) is 0 Å². The summed E-state index contributed by atoms with van der Waals surface area (Å²) < 4.78 is 10.4. The van der Waals surface area contributed by atoms with Crippen LogP contribution in [0, 0.1) is 0 Å². The number of hydrogen-bond acceptors (Lipinski definition) is 4. The van der Waals surface area contributed by atoms with Crippen molar-refractivity contribution in [3.05, 3.63) is 0 Å². The zero-order valence-electron chi connectivity index (χ0n) is 9.66. The van der Waals surface area contributed by atoms with E-state index in [1.54, 1.807) is 0 Å². The third-order valence-corrected chi connectivity index (χ3v) is 2.13. The smallest absolute Gasteiger partial charge is 0.424 e. The number of carbonyl (C=O) groups excluding carboxylic acids is 1. The van der Waals surface area contributed by atoms with Gasteiger partial charge in [0, 0.05) is 6.61 Å². The molecule has 0 unspecified atom stereocenters. The summed E-state index contributed by atoms with van der Waals surface area (Å²) >= 11 is 0. The highest BCUT2D eigenvalue weighted by Crippen LogP contribution is 2.14. The molecule has 15 heavy (non-hydrogen) atoms. The molecule has 0 bridgehead atoms. The number of amides is 1. The fourth-order valence-corrected chi connectivity index (χ4v) is 1.41. The van der Waals surface area contributed by atoms with Crippen molar-refractivity contribution < 1.29 is 14.3 Å². The predicted molar refractivity (Wildman–Crippen MR) is 56.1 cm³/mol. The van der Waals surface area contributed by atoms with Gasteiger partial charge in [-0.1, -0.05) is 0 Å². The maximum absolute atomic E-state index is 11.6. The molecule has 0 aromatic heterocycles. The zero-order chi connectivity index (χ0) is 11.5. The third kappa shape index (κ3) is 4.05. The second kappa shape index (κ2) is 4.81. The lowest BCUT2D eigenvalue weighted by molar-refractivity contribution is -0.0150. The van der Waals surface area contributed by atoms with Crippen molar-refractivity contribution in [2.75, 3.05) is 13.2 Å². The monoisotopic (exact) mass is 216 g/mol. The van der Waals surface area contributed by atoms with Gasteiger partial charge in [-0.25, -0.2) is 15.6 Å². The van der Waals surface area contributed by atoms with E-state index in [-0.39, 0.29) is 6.04 Å². The molecule has 88 valence electrons. The van der Waals surface area contributed by atoms with Gasteiger partial charge < -0.3 is 9.47 Å². The first-order chi connectivity index (χ1) is 6.90. The molecule has 1 aliphatic heterocycles. The van der Waals surface area contributed by atoms with Crippen molar-refractivity contribution in [2.45, 2.75) is 45.3 Å². The summed E-state index contributed by atoms with van der Waals surface area (Å²) in [6, 6.07) is -0.0615. The van der Waals surface area contributed by atoms with Crippen molar-refractivity contribution in [3.63, 3.8) is 0 Å². The predicted octanol–water partition coefficient (Wildman–Crippen LogP) is 1.28. The van der Waals surface area contributed by atoms with Crippen LogP contribution in [0.15, 0.2) is 0 Å². The van der Waals surface area contributed by atoms with E-state index in [4.69, 9.17) is 15.3 Å². The van der Waals surface area contributed by atoms with E-state index in [2.05, 4.69) is 0 Å². The summed E-state index contributed by atoms with van der Waals surface area (Å²) in [6.07, 6.45) is 1.31. The topological polar surface area (TPSA) is 64.8 Å². The van der Waals surface area contributed by atoms with E-state index in [0.29, 0.717) is 6.61 Å². The summed E-state index contributed by atoms with van der Waals surface area (Å²) in [7, 11) is 0. The van der Waals surface area contributed by atoms with Gasteiger partial charge in [-0.15, -0.1) is 0 Å². The van der Waals surface area contributed by atoms with Crippen molar-refractivity contribution in [3.8, 4) is 0 Å². The van der Waals surface area contributed by atoms with Crippen LogP contribution in [0.5, 0.6) is 0 Å². The maximum atomic E-state index is 11.6. The van der Waals surface area contributed by atoms with Crippen LogP contribution in [0.25, 0.3) is 0 Å². The molecule has 0 spiro atoms. The largest absolute Gasteiger partial charge is 0.443 e. The Bertz CT molecular complexity index is 219. The fraction of sp³-hybridized carbons (Fsp3) is 0.900. The minimum atomic E-state index is -0.510. The van der Waals surface area contributed by atoms with Gasteiger partial charge in [0.25, 0.3) is 0 Å². The van der Waals surface area contributed by atoms with Crippen LogP contribution in [0.3, 0.4) is 0 Å². The quantitative estimate of drug-likeness (QED) is 0.407. The van der Waals surface area contributed by atoms with Gasteiger partial charge in [0.15, 0.2) is 0 Å². The summed E-state index contributed by atoms with van der Waals surface area (Å²) in [5.41, 5.74) is -0.510. The SMILES string of the molecule is CC(C)(C)OC(=O)N(N)[C@H]1CCCOC1. The van der Waals surface area contributed by atoms with Crippen LogP contribution in [0.1, 0.15) is 33.6 Å². The standard InChI is InChI=1S/C10H20N2O3/c1-10(2,3)15-9(13)12(11)8-5-4-6-14-7-8/h8H,4-7,11H2,1-3H3/t8-/m0/s1. The van der Waals surface area contributed by atoms with E-state index in [1.807, 2.05) is 20.8 Å². The number of hydrazine groups is 1. The van der Waals surface area contributed by atoms with Crippen molar-refractivity contribution in [2.24, 2.45) is 5.84 Å². The molecule has 0 aromatic rings. The molecule has 0 saturated carbocycles. The molecule has 1 heterocycles. The summed E-state index contributed by atoms with van der Waals surface area (Å²) in [5, 5.41) is 1.14. The van der Waals surface area contributed by atoms with E-state index in [0.717, 1.165) is 24.5 Å². The van der Waals surface area contributed by atoms with Crippen LogP contribution in [-0.4, -0.2) is 36.0 Å². The number of nitrogens with two attached hydrogens (primary N) is 1. The molecule has 1 rings (SSSR count). The lowest BCUT2D eigenvalue weighted by Crippen LogP contribution is -2.51. The lowest BCUT2D eigenvalue weighted by atomic mass is 10.1. The van der Waals surface area contributed by atoms with Gasteiger partial charge >= 0.3 is 6.09 Å². The third-order valence-electron chi connectivity index (χ3n) is 2.13. The number of carbonyl (C=O) groups is 1. The van der Waals surface area contributed by atoms with Gasteiger partial charge in [-0.05, 0) is 33.6 Å². The lowest BCUT2D eigenvalue weighted by Gasteiger charge is -2.31.